The number of fused-ring (bicyclic) bond motifs is 1. The number of benzene rings is 1. The molecule has 2 aromatic heterocycles. The summed E-state index contributed by atoms with van der Waals surface area (Å²) in [6, 6.07) is 13.8. The van der Waals surface area contributed by atoms with Gasteiger partial charge in [0, 0.05) is 16.7 Å². The Bertz CT molecular complexity index is 827. The van der Waals surface area contributed by atoms with Crippen LogP contribution < -0.4 is 5.32 Å². The molecule has 1 aliphatic heterocycles. The van der Waals surface area contributed by atoms with Crippen molar-refractivity contribution in [2.45, 2.75) is 17.4 Å². The van der Waals surface area contributed by atoms with Gasteiger partial charge in [-0.15, -0.1) is 23.1 Å². The molecule has 0 spiro atoms. The standard InChI is InChI=1S/C17H14N2O2S2/c20-17(13-10-14(21-19-13)16-6-3-8-22-16)18-12-7-9-23-15-5-2-1-4-11(12)15/h1-6,8,10,12H,7,9H2,(H,18,20)/t12-/m0/s1. The van der Waals surface area contributed by atoms with Gasteiger partial charge in [0.15, 0.2) is 11.5 Å². The first kappa shape index (κ1) is 14.5. The monoisotopic (exact) mass is 342 g/mol. The second-order valence-electron chi connectivity index (χ2n) is 5.25. The van der Waals surface area contributed by atoms with E-state index in [2.05, 4.69) is 22.6 Å². The van der Waals surface area contributed by atoms with E-state index in [0.717, 1.165) is 17.1 Å². The van der Waals surface area contributed by atoms with E-state index < -0.39 is 0 Å². The third-order valence-electron chi connectivity index (χ3n) is 3.77. The average molecular weight is 342 g/mol. The molecule has 116 valence electrons. The summed E-state index contributed by atoms with van der Waals surface area (Å²) in [4.78, 5) is 14.7. The number of carbonyl (C=O) groups excluding carboxylic acids is 1. The third kappa shape index (κ3) is 2.92. The van der Waals surface area contributed by atoms with E-state index in [1.54, 1.807) is 17.4 Å². The van der Waals surface area contributed by atoms with Crippen LogP contribution in [0.2, 0.25) is 0 Å². The van der Waals surface area contributed by atoms with Crippen molar-refractivity contribution in [1.29, 1.82) is 0 Å². The predicted molar refractivity (Wildman–Crippen MR) is 91.8 cm³/mol. The summed E-state index contributed by atoms with van der Waals surface area (Å²) in [5.41, 5.74) is 1.50. The molecule has 0 saturated carbocycles. The Labute approximate surface area is 141 Å². The molecule has 0 unspecified atom stereocenters. The van der Waals surface area contributed by atoms with Gasteiger partial charge in [-0.1, -0.05) is 29.4 Å². The van der Waals surface area contributed by atoms with E-state index >= 15 is 0 Å². The lowest BCUT2D eigenvalue weighted by Crippen LogP contribution is -2.30. The number of rotatable bonds is 3. The first-order chi connectivity index (χ1) is 11.3. The molecule has 0 fully saturated rings. The van der Waals surface area contributed by atoms with Gasteiger partial charge in [0.1, 0.15) is 0 Å². The van der Waals surface area contributed by atoms with Crippen molar-refractivity contribution < 1.29 is 9.32 Å². The molecule has 4 rings (SSSR count). The van der Waals surface area contributed by atoms with E-state index in [0.29, 0.717) is 11.5 Å². The molecular formula is C17H14N2O2S2. The van der Waals surface area contributed by atoms with E-state index in [1.807, 2.05) is 41.4 Å². The molecule has 0 saturated heterocycles. The van der Waals surface area contributed by atoms with Crippen molar-refractivity contribution in [1.82, 2.24) is 10.5 Å². The van der Waals surface area contributed by atoms with E-state index in [9.17, 15) is 4.79 Å². The molecule has 4 nitrogen and oxygen atoms in total. The molecule has 1 N–H and O–H groups in total. The van der Waals surface area contributed by atoms with Crippen LogP contribution in [-0.2, 0) is 0 Å². The predicted octanol–water partition coefficient (Wildman–Crippen LogP) is 4.37. The Morgan fingerprint density at radius 3 is 3.04 bits per heavy atom. The lowest BCUT2D eigenvalue weighted by molar-refractivity contribution is 0.0926. The number of thiophene rings is 1. The zero-order valence-corrected chi connectivity index (χ0v) is 13.8. The fourth-order valence-corrected chi connectivity index (χ4v) is 4.44. The summed E-state index contributed by atoms with van der Waals surface area (Å²) in [6.45, 7) is 0. The summed E-state index contributed by atoms with van der Waals surface area (Å²) in [5.74, 6) is 1.44. The molecule has 0 bridgehead atoms. The number of thioether (sulfide) groups is 1. The normalized spacial score (nSPS) is 16.8. The van der Waals surface area contributed by atoms with Gasteiger partial charge in [-0.25, -0.2) is 0 Å². The first-order valence-electron chi connectivity index (χ1n) is 7.34. The van der Waals surface area contributed by atoms with Crippen LogP contribution in [0.25, 0.3) is 10.6 Å². The maximum atomic E-state index is 12.5. The van der Waals surface area contributed by atoms with Gasteiger partial charge in [0.25, 0.3) is 5.91 Å². The molecule has 1 aliphatic rings. The highest BCUT2D eigenvalue weighted by Crippen LogP contribution is 2.36. The topological polar surface area (TPSA) is 55.1 Å². The summed E-state index contributed by atoms with van der Waals surface area (Å²) >= 11 is 3.39. The van der Waals surface area contributed by atoms with Gasteiger partial charge < -0.3 is 9.84 Å². The van der Waals surface area contributed by atoms with Gasteiger partial charge in [-0.3, -0.25) is 4.79 Å². The lowest BCUT2D eigenvalue weighted by atomic mass is 10.0. The second kappa shape index (κ2) is 6.22. The number of hydrogen-bond donors (Lipinski definition) is 1. The van der Waals surface area contributed by atoms with Crippen LogP contribution in [0.5, 0.6) is 0 Å². The van der Waals surface area contributed by atoms with Crippen LogP contribution in [0.1, 0.15) is 28.5 Å². The van der Waals surface area contributed by atoms with E-state index in [-0.39, 0.29) is 11.9 Å². The number of nitrogens with one attached hydrogen (secondary N) is 1. The van der Waals surface area contributed by atoms with Crippen LogP contribution in [0.15, 0.2) is 57.3 Å². The zero-order chi connectivity index (χ0) is 15.6. The number of nitrogens with zero attached hydrogens (tertiary/aromatic N) is 1. The van der Waals surface area contributed by atoms with Crippen LogP contribution in [-0.4, -0.2) is 16.8 Å². The van der Waals surface area contributed by atoms with Crippen molar-refractivity contribution in [3.8, 4) is 10.6 Å². The Morgan fingerprint density at radius 1 is 1.26 bits per heavy atom. The minimum atomic E-state index is -0.191. The zero-order valence-electron chi connectivity index (χ0n) is 12.2. The third-order valence-corrected chi connectivity index (χ3v) is 5.78. The smallest absolute Gasteiger partial charge is 0.273 e. The Hall–Kier alpha value is -2.05. The second-order valence-corrected chi connectivity index (χ2v) is 7.34. The Kier molecular flexibility index (Phi) is 3.93. The highest BCUT2D eigenvalue weighted by atomic mass is 32.2. The highest BCUT2D eigenvalue weighted by molar-refractivity contribution is 7.99. The summed E-state index contributed by atoms with van der Waals surface area (Å²) < 4.78 is 5.28. The molecular weight excluding hydrogens is 328 g/mol. The highest BCUT2D eigenvalue weighted by Gasteiger charge is 2.24. The van der Waals surface area contributed by atoms with Gasteiger partial charge in [-0.05, 0) is 29.5 Å². The van der Waals surface area contributed by atoms with Crippen LogP contribution in [0.3, 0.4) is 0 Å². The van der Waals surface area contributed by atoms with Crippen molar-refractivity contribution in [3.05, 3.63) is 59.1 Å². The summed E-state index contributed by atoms with van der Waals surface area (Å²) in [7, 11) is 0. The molecule has 6 heteroatoms. The summed E-state index contributed by atoms with van der Waals surface area (Å²) in [6.07, 6.45) is 0.920. The van der Waals surface area contributed by atoms with Crippen molar-refractivity contribution in [3.63, 3.8) is 0 Å². The van der Waals surface area contributed by atoms with Gasteiger partial charge in [-0.2, -0.15) is 0 Å². The number of aromatic nitrogens is 1. The fraction of sp³-hybridized carbons (Fsp3) is 0.176. The lowest BCUT2D eigenvalue weighted by Gasteiger charge is -2.25. The largest absolute Gasteiger partial charge is 0.355 e. The Morgan fingerprint density at radius 2 is 2.17 bits per heavy atom. The molecule has 1 aromatic carbocycles. The first-order valence-corrected chi connectivity index (χ1v) is 9.21. The minimum absolute atomic E-state index is 0.0295. The average Bonchev–Trinajstić information content (AvgIpc) is 3.26. The fourth-order valence-electron chi connectivity index (χ4n) is 2.64. The van der Waals surface area contributed by atoms with Crippen LogP contribution >= 0.6 is 23.1 Å². The Balaban J connectivity index is 1.53. The number of carbonyl (C=O) groups is 1. The molecule has 0 radical (unpaired) electrons. The SMILES string of the molecule is O=C(N[C@H]1CCSc2ccccc21)c1cc(-c2cccs2)on1. The quantitative estimate of drug-likeness (QED) is 0.768. The van der Waals surface area contributed by atoms with Crippen LogP contribution in [0.4, 0.5) is 0 Å². The molecule has 23 heavy (non-hydrogen) atoms. The summed E-state index contributed by atoms with van der Waals surface area (Å²) in [5, 5.41) is 8.95. The van der Waals surface area contributed by atoms with Crippen LogP contribution in [0, 0.1) is 0 Å². The molecule has 1 atom stereocenters. The van der Waals surface area contributed by atoms with Gasteiger partial charge in [0.2, 0.25) is 0 Å². The van der Waals surface area contributed by atoms with Gasteiger partial charge >= 0.3 is 0 Å². The van der Waals surface area contributed by atoms with Crippen molar-refractivity contribution in [2.75, 3.05) is 5.75 Å². The van der Waals surface area contributed by atoms with E-state index in [1.165, 1.54) is 10.5 Å². The minimum Gasteiger partial charge on any atom is -0.355 e. The molecule has 3 aromatic rings. The number of hydrogen-bond acceptors (Lipinski definition) is 5. The number of amides is 1. The molecule has 3 heterocycles. The maximum absolute atomic E-state index is 12.5. The van der Waals surface area contributed by atoms with Crippen molar-refractivity contribution in [2.24, 2.45) is 0 Å². The van der Waals surface area contributed by atoms with Gasteiger partial charge in [0.05, 0.1) is 10.9 Å². The van der Waals surface area contributed by atoms with Crippen molar-refractivity contribution >= 4 is 29.0 Å². The maximum Gasteiger partial charge on any atom is 0.273 e. The van der Waals surface area contributed by atoms with E-state index in [4.69, 9.17) is 4.52 Å². The molecule has 1 amide bonds. The molecule has 0 aliphatic carbocycles.